The molecule has 1 N–H and O–H groups in total. The minimum Gasteiger partial charge on any atom is -0.506 e. The van der Waals surface area contributed by atoms with Crippen molar-refractivity contribution in [3.05, 3.63) is 53.0 Å². The average molecular weight is 232 g/mol. The van der Waals surface area contributed by atoms with Crippen LogP contribution in [0.2, 0.25) is 0 Å². The number of non-ortho nitro benzene ring substituents is 1. The smallest absolute Gasteiger partial charge is 0.269 e. The van der Waals surface area contributed by atoms with E-state index in [0.717, 1.165) is 0 Å². The van der Waals surface area contributed by atoms with Gasteiger partial charge in [0, 0.05) is 17.7 Å². The van der Waals surface area contributed by atoms with E-state index in [4.69, 9.17) is 4.42 Å². The minimum absolute atomic E-state index is 0.0161. The molecule has 0 bridgehead atoms. The lowest BCUT2D eigenvalue weighted by atomic mass is 10.1. The highest BCUT2D eigenvalue weighted by Gasteiger charge is 2.14. The highest BCUT2D eigenvalue weighted by Crippen LogP contribution is 2.27. The monoisotopic (exact) mass is 232 g/mol. The molecule has 0 saturated carbocycles. The number of nitro benzene ring substituents is 1. The van der Waals surface area contributed by atoms with Crippen molar-refractivity contribution in [2.75, 3.05) is 0 Å². The van der Waals surface area contributed by atoms with Gasteiger partial charge in [0.1, 0.15) is 5.76 Å². The third-order valence-corrected chi connectivity index (χ3v) is 2.18. The number of benzene rings is 1. The van der Waals surface area contributed by atoms with Crippen molar-refractivity contribution >= 4 is 11.4 Å². The van der Waals surface area contributed by atoms with E-state index in [9.17, 15) is 15.2 Å². The Bertz CT molecular complexity index is 571. The minimum atomic E-state index is -0.490. The van der Waals surface area contributed by atoms with Crippen LogP contribution in [0.25, 0.3) is 17.1 Å². The van der Waals surface area contributed by atoms with Gasteiger partial charge in [-0.2, -0.15) is 0 Å². The van der Waals surface area contributed by atoms with Crippen LogP contribution in [-0.2, 0) is 0 Å². The largest absolute Gasteiger partial charge is 0.506 e. The molecule has 1 aromatic heterocycles. The second-order valence-corrected chi connectivity index (χ2v) is 3.28. The molecule has 6 nitrogen and oxygen atoms in total. The molecule has 2 rings (SSSR count). The van der Waals surface area contributed by atoms with E-state index >= 15 is 0 Å². The van der Waals surface area contributed by atoms with Crippen LogP contribution in [0.1, 0.15) is 5.69 Å². The Balaban J connectivity index is 2.43. The van der Waals surface area contributed by atoms with Gasteiger partial charge in [0.25, 0.3) is 5.69 Å². The number of hydrogen-bond donors (Lipinski definition) is 1. The maximum absolute atomic E-state index is 10.5. The third-order valence-electron chi connectivity index (χ3n) is 2.18. The van der Waals surface area contributed by atoms with Gasteiger partial charge in [0.2, 0.25) is 0 Å². The number of rotatable bonds is 3. The standard InChI is InChI=1S/C11H8N2O4/c1-7(14)10-11(17-6-12-10)8-2-4-9(5-3-8)13(15)16/h2-6,14H,1H2. The van der Waals surface area contributed by atoms with Gasteiger partial charge in [-0.1, -0.05) is 6.58 Å². The van der Waals surface area contributed by atoms with Crippen LogP contribution in [0, 0.1) is 10.1 Å². The fourth-order valence-corrected chi connectivity index (χ4v) is 1.39. The zero-order valence-electron chi connectivity index (χ0n) is 8.66. The molecule has 17 heavy (non-hydrogen) atoms. The number of aromatic nitrogens is 1. The summed E-state index contributed by atoms with van der Waals surface area (Å²) in [6, 6.07) is 5.74. The van der Waals surface area contributed by atoms with E-state index in [0.29, 0.717) is 11.3 Å². The summed E-state index contributed by atoms with van der Waals surface area (Å²) in [7, 11) is 0. The van der Waals surface area contributed by atoms with Crippen LogP contribution >= 0.6 is 0 Å². The molecule has 2 aromatic rings. The second-order valence-electron chi connectivity index (χ2n) is 3.28. The highest BCUT2D eigenvalue weighted by molar-refractivity contribution is 5.71. The Morgan fingerprint density at radius 2 is 2.06 bits per heavy atom. The molecule has 0 saturated heterocycles. The van der Waals surface area contributed by atoms with Gasteiger partial charge in [0.15, 0.2) is 17.8 Å². The number of nitro groups is 1. The normalized spacial score (nSPS) is 10.1. The molecule has 0 unspecified atom stereocenters. The topological polar surface area (TPSA) is 89.4 Å². The lowest BCUT2D eigenvalue weighted by Crippen LogP contribution is -1.88. The number of oxazole rings is 1. The van der Waals surface area contributed by atoms with Gasteiger partial charge < -0.3 is 9.52 Å². The van der Waals surface area contributed by atoms with Crippen LogP contribution in [0.3, 0.4) is 0 Å². The van der Waals surface area contributed by atoms with Gasteiger partial charge in [0.05, 0.1) is 4.92 Å². The molecule has 0 aliphatic heterocycles. The summed E-state index contributed by atoms with van der Waals surface area (Å²) in [6.07, 6.45) is 1.17. The quantitative estimate of drug-likeness (QED) is 0.499. The predicted molar refractivity (Wildman–Crippen MR) is 60.3 cm³/mol. The van der Waals surface area contributed by atoms with Crippen molar-refractivity contribution in [2.24, 2.45) is 0 Å². The Hall–Kier alpha value is -2.63. The molecule has 0 amide bonds. The zero-order valence-corrected chi connectivity index (χ0v) is 8.66. The summed E-state index contributed by atoms with van der Waals surface area (Å²) < 4.78 is 5.11. The molecule has 0 aliphatic carbocycles. The molecule has 0 fully saturated rings. The van der Waals surface area contributed by atoms with E-state index < -0.39 is 4.92 Å². The molecule has 6 heteroatoms. The lowest BCUT2D eigenvalue weighted by molar-refractivity contribution is -0.384. The molecule has 0 aliphatic rings. The van der Waals surface area contributed by atoms with Crippen LogP contribution in [0.15, 0.2) is 41.7 Å². The molecular formula is C11H8N2O4. The third kappa shape index (κ3) is 2.00. The number of hydrogen-bond acceptors (Lipinski definition) is 5. The van der Waals surface area contributed by atoms with Crippen molar-refractivity contribution in [1.29, 1.82) is 0 Å². The average Bonchev–Trinajstić information content (AvgIpc) is 2.78. The summed E-state index contributed by atoms with van der Waals surface area (Å²) >= 11 is 0. The van der Waals surface area contributed by atoms with Gasteiger partial charge >= 0.3 is 0 Å². The first-order valence-electron chi connectivity index (χ1n) is 4.66. The molecule has 0 spiro atoms. The van der Waals surface area contributed by atoms with Crippen LogP contribution in [0.5, 0.6) is 0 Å². The molecule has 86 valence electrons. The van der Waals surface area contributed by atoms with Crippen molar-refractivity contribution in [3.8, 4) is 11.3 Å². The Labute approximate surface area is 96.0 Å². The van der Waals surface area contributed by atoms with Crippen molar-refractivity contribution < 1.29 is 14.4 Å². The van der Waals surface area contributed by atoms with Gasteiger partial charge in [-0.3, -0.25) is 10.1 Å². The predicted octanol–water partition coefficient (Wildman–Crippen LogP) is 2.78. The van der Waals surface area contributed by atoms with Crippen molar-refractivity contribution in [2.45, 2.75) is 0 Å². The van der Waals surface area contributed by atoms with Crippen LogP contribution < -0.4 is 0 Å². The van der Waals surface area contributed by atoms with E-state index in [1.807, 2.05) is 0 Å². The Morgan fingerprint density at radius 3 is 2.59 bits per heavy atom. The first-order chi connectivity index (χ1) is 8.09. The lowest BCUT2D eigenvalue weighted by Gasteiger charge is -1.99. The maximum atomic E-state index is 10.5. The van der Waals surface area contributed by atoms with E-state index in [2.05, 4.69) is 11.6 Å². The summed E-state index contributed by atoms with van der Waals surface area (Å²) in [6.45, 7) is 3.35. The number of aliphatic hydroxyl groups is 1. The number of aliphatic hydroxyl groups excluding tert-OH is 1. The van der Waals surface area contributed by atoms with E-state index in [-0.39, 0.29) is 17.1 Å². The molecule has 0 atom stereocenters. The SMILES string of the molecule is C=C(O)c1ncoc1-c1ccc([N+](=O)[O-])cc1. The van der Waals surface area contributed by atoms with Crippen molar-refractivity contribution in [1.82, 2.24) is 4.98 Å². The van der Waals surface area contributed by atoms with E-state index in [1.165, 1.54) is 30.7 Å². The molecule has 1 heterocycles. The maximum Gasteiger partial charge on any atom is 0.269 e. The Morgan fingerprint density at radius 1 is 1.41 bits per heavy atom. The summed E-state index contributed by atoms with van der Waals surface area (Å²) in [5.74, 6) is 0.111. The van der Waals surface area contributed by atoms with Crippen molar-refractivity contribution in [3.63, 3.8) is 0 Å². The fraction of sp³-hybridized carbons (Fsp3) is 0. The molecular weight excluding hydrogens is 224 g/mol. The number of nitrogens with zero attached hydrogens (tertiary/aromatic N) is 2. The summed E-state index contributed by atoms with van der Waals surface area (Å²) in [5.41, 5.74) is 0.787. The van der Waals surface area contributed by atoms with Gasteiger partial charge in [-0.25, -0.2) is 4.98 Å². The first kappa shape index (κ1) is 10.9. The fourth-order valence-electron chi connectivity index (χ4n) is 1.39. The highest BCUT2D eigenvalue weighted by atomic mass is 16.6. The zero-order chi connectivity index (χ0) is 12.4. The van der Waals surface area contributed by atoms with Crippen LogP contribution in [0.4, 0.5) is 5.69 Å². The van der Waals surface area contributed by atoms with Gasteiger partial charge in [-0.15, -0.1) is 0 Å². The first-order valence-corrected chi connectivity index (χ1v) is 4.66. The Kier molecular flexibility index (Phi) is 2.61. The van der Waals surface area contributed by atoms with E-state index in [1.54, 1.807) is 0 Å². The molecule has 0 radical (unpaired) electrons. The van der Waals surface area contributed by atoms with Gasteiger partial charge in [-0.05, 0) is 12.1 Å². The second kappa shape index (κ2) is 4.09. The van der Waals surface area contributed by atoms with Crippen LogP contribution in [-0.4, -0.2) is 15.0 Å². The summed E-state index contributed by atoms with van der Waals surface area (Å²) in [4.78, 5) is 13.8. The summed E-state index contributed by atoms with van der Waals surface area (Å²) in [5, 5.41) is 19.8. The molecule has 1 aromatic carbocycles.